The summed E-state index contributed by atoms with van der Waals surface area (Å²) in [5, 5.41) is 9.46. The topological polar surface area (TPSA) is 20.2 Å². The van der Waals surface area contributed by atoms with Crippen molar-refractivity contribution in [1.82, 2.24) is 0 Å². The van der Waals surface area contributed by atoms with Gasteiger partial charge in [-0.05, 0) is 37.0 Å². The predicted molar refractivity (Wildman–Crippen MR) is 50.5 cm³/mol. The second-order valence-electron chi connectivity index (χ2n) is 3.10. The molecular weight excluding hydrogens is 148 g/mol. The number of rotatable bonds is 2. The summed E-state index contributed by atoms with van der Waals surface area (Å²) in [5.74, 6) is 0. The molecule has 0 bridgehead atoms. The number of hydrogen-bond acceptors (Lipinski definition) is 1. The minimum Gasteiger partial charge on any atom is -0.382 e. The van der Waals surface area contributed by atoms with Crippen LogP contribution in [0.2, 0.25) is 0 Å². The lowest BCUT2D eigenvalue weighted by Gasteiger charge is -2.08. The van der Waals surface area contributed by atoms with Crippen molar-refractivity contribution < 1.29 is 5.11 Å². The standard InChI is InChI=1S/C11H15O/c1-4-11(12)10-6-5-8(2)9(3)7-10/h5-7,12H,4H2,1-3H3. The summed E-state index contributed by atoms with van der Waals surface area (Å²) in [6, 6.07) is 6.02. The summed E-state index contributed by atoms with van der Waals surface area (Å²) < 4.78 is 0. The van der Waals surface area contributed by atoms with Gasteiger partial charge in [0.1, 0.15) is 6.10 Å². The van der Waals surface area contributed by atoms with Gasteiger partial charge in [-0.1, -0.05) is 25.1 Å². The summed E-state index contributed by atoms with van der Waals surface area (Å²) in [4.78, 5) is 0. The first-order valence-electron chi connectivity index (χ1n) is 4.27. The highest BCUT2D eigenvalue weighted by Crippen LogP contribution is 2.18. The summed E-state index contributed by atoms with van der Waals surface area (Å²) >= 11 is 0. The number of hydrogen-bond donors (Lipinski definition) is 1. The molecule has 1 nitrogen and oxygen atoms in total. The van der Waals surface area contributed by atoms with Gasteiger partial charge in [0.15, 0.2) is 0 Å². The number of aliphatic hydroxyl groups is 1. The molecule has 12 heavy (non-hydrogen) atoms. The molecule has 0 spiro atoms. The highest BCUT2D eigenvalue weighted by Gasteiger charge is 2.05. The molecule has 1 rings (SSSR count). The van der Waals surface area contributed by atoms with Crippen LogP contribution in [-0.2, 0) is 0 Å². The second kappa shape index (κ2) is 3.72. The van der Waals surface area contributed by atoms with Crippen molar-refractivity contribution in [3.8, 4) is 0 Å². The molecule has 0 fully saturated rings. The highest BCUT2D eigenvalue weighted by atomic mass is 16.3. The van der Waals surface area contributed by atoms with Crippen LogP contribution in [0, 0.1) is 20.0 Å². The Labute approximate surface area is 74.1 Å². The van der Waals surface area contributed by atoms with E-state index in [9.17, 15) is 5.11 Å². The molecule has 1 heteroatoms. The molecule has 1 aromatic carbocycles. The Hall–Kier alpha value is -0.820. The molecule has 0 saturated carbocycles. The first-order valence-corrected chi connectivity index (χ1v) is 4.27. The number of benzene rings is 1. The molecule has 0 aliphatic carbocycles. The van der Waals surface area contributed by atoms with Crippen LogP contribution in [0.25, 0.3) is 0 Å². The third-order valence-corrected chi connectivity index (χ3v) is 2.18. The number of aryl methyl sites for hydroxylation is 2. The smallest absolute Gasteiger partial charge is 0.122 e. The first kappa shape index (κ1) is 9.27. The van der Waals surface area contributed by atoms with Gasteiger partial charge in [-0.25, -0.2) is 0 Å². The average molecular weight is 163 g/mol. The average Bonchev–Trinajstić information content (AvgIpc) is 2.08. The summed E-state index contributed by atoms with van der Waals surface area (Å²) in [6.07, 6.45) is 1.17. The molecule has 0 amide bonds. The minimum absolute atomic E-state index is 0.470. The van der Waals surface area contributed by atoms with Crippen LogP contribution in [0.4, 0.5) is 0 Å². The largest absolute Gasteiger partial charge is 0.382 e. The van der Waals surface area contributed by atoms with E-state index in [1.54, 1.807) is 0 Å². The van der Waals surface area contributed by atoms with Crippen molar-refractivity contribution in [3.63, 3.8) is 0 Å². The number of aliphatic hydroxyl groups excluding tert-OH is 1. The fraction of sp³-hybridized carbons (Fsp3) is 0.364. The Morgan fingerprint density at radius 3 is 2.42 bits per heavy atom. The van der Waals surface area contributed by atoms with E-state index >= 15 is 0 Å². The summed E-state index contributed by atoms with van der Waals surface area (Å²) in [7, 11) is 0. The van der Waals surface area contributed by atoms with Crippen molar-refractivity contribution in [2.45, 2.75) is 27.2 Å². The SMILES string of the molecule is CC[C](O)c1ccc(C)c(C)c1. The van der Waals surface area contributed by atoms with Crippen LogP contribution in [0.5, 0.6) is 0 Å². The lowest BCUT2D eigenvalue weighted by atomic mass is 10.0. The van der Waals surface area contributed by atoms with E-state index in [2.05, 4.69) is 13.8 Å². The Balaban J connectivity index is 2.96. The van der Waals surface area contributed by atoms with Crippen molar-refractivity contribution in [3.05, 3.63) is 41.0 Å². The Morgan fingerprint density at radius 2 is 1.92 bits per heavy atom. The van der Waals surface area contributed by atoms with Crippen molar-refractivity contribution >= 4 is 0 Å². The third kappa shape index (κ3) is 1.86. The molecule has 0 aromatic heterocycles. The molecule has 1 N–H and O–H groups in total. The molecular formula is C11H15O. The van der Waals surface area contributed by atoms with E-state index in [1.807, 2.05) is 25.1 Å². The fourth-order valence-corrected chi connectivity index (χ4v) is 1.13. The molecule has 1 aromatic rings. The molecule has 0 heterocycles. The predicted octanol–water partition coefficient (Wildman–Crippen LogP) is 2.97. The van der Waals surface area contributed by atoms with Crippen molar-refractivity contribution in [2.75, 3.05) is 0 Å². The van der Waals surface area contributed by atoms with E-state index in [0.29, 0.717) is 12.5 Å². The molecule has 0 unspecified atom stereocenters. The Kier molecular flexibility index (Phi) is 2.88. The quantitative estimate of drug-likeness (QED) is 0.710. The van der Waals surface area contributed by atoms with Gasteiger partial charge in [-0.2, -0.15) is 0 Å². The zero-order valence-corrected chi connectivity index (χ0v) is 7.89. The molecule has 1 radical (unpaired) electrons. The van der Waals surface area contributed by atoms with Crippen molar-refractivity contribution in [1.29, 1.82) is 0 Å². The normalized spacial score (nSPS) is 10.8. The molecule has 0 aliphatic heterocycles. The first-order chi connectivity index (χ1) is 5.65. The zero-order chi connectivity index (χ0) is 9.14. The van der Waals surface area contributed by atoms with Crippen LogP contribution >= 0.6 is 0 Å². The Morgan fingerprint density at radius 1 is 1.25 bits per heavy atom. The van der Waals surface area contributed by atoms with Crippen LogP contribution in [-0.4, -0.2) is 5.11 Å². The van der Waals surface area contributed by atoms with Gasteiger partial charge in [-0.3, -0.25) is 0 Å². The monoisotopic (exact) mass is 163 g/mol. The van der Waals surface area contributed by atoms with Crippen LogP contribution in [0.1, 0.15) is 30.0 Å². The van der Waals surface area contributed by atoms with E-state index in [4.69, 9.17) is 0 Å². The van der Waals surface area contributed by atoms with Gasteiger partial charge >= 0.3 is 0 Å². The second-order valence-corrected chi connectivity index (χ2v) is 3.10. The van der Waals surface area contributed by atoms with Crippen LogP contribution in [0.3, 0.4) is 0 Å². The maximum Gasteiger partial charge on any atom is 0.122 e. The summed E-state index contributed by atoms with van der Waals surface area (Å²) in [5.41, 5.74) is 3.44. The minimum atomic E-state index is 0.470. The molecule has 0 aliphatic rings. The van der Waals surface area contributed by atoms with Gasteiger partial charge in [0.2, 0.25) is 0 Å². The highest BCUT2D eigenvalue weighted by molar-refractivity contribution is 5.35. The fourth-order valence-electron chi connectivity index (χ4n) is 1.13. The van der Waals surface area contributed by atoms with Gasteiger partial charge in [0, 0.05) is 0 Å². The van der Waals surface area contributed by atoms with E-state index in [0.717, 1.165) is 5.56 Å². The lowest BCUT2D eigenvalue weighted by Crippen LogP contribution is -1.97. The van der Waals surface area contributed by atoms with Gasteiger partial charge < -0.3 is 5.11 Å². The van der Waals surface area contributed by atoms with Crippen LogP contribution < -0.4 is 0 Å². The summed E-state index contributed by atoms with van der Waals surface area (Å²) in [6.45, 7) is 6.08. The van der Waals surface area contributed by atoms with E-state index in [1.165, 1.54) is 11.1 Å². The zero-order valence-electron chi connectivity index (χ0n) is 7.89. The van der Waals surface area contributed by atoms with Gasteiger partial charge in [-0.15, -0.1) is 0 Å². The molecule has 0 atom stereocenters. The van der Waals surface area contributed by atoms with Crippen molar-refractivity contribution in [2.24, 2.45) is 0 Å². The van der Waals surface area contributed by atoms with E-state index < -0.39 is 0 Å². The van der Waals surface area contributed by atoms with Gasteiger partial charge in [0.25, 0.3) is 0 Å². The maximum atomic E-state index is 9.46. The Bertz CT molecular complexity index is 266. The van der Waals surface area contributed by atoms with Crippen LogP contribution in [0.15, 0.2) is 18.2 Å². The van der Waals surface area contributed by atoms with Gasteiger partial charge in [0.05, 0.1) is 0 Å². The third-order valence-electron chi connectivity index (χ3n) is 2.18. The lowest BCUT2D eigenvalue weighted by molar-refractivity contribution is 0.318. The van der Waals surface area contributed by atoms with E-state index in [-0.39, 0.29) is 0 Å². The molecule has 65 valence electrons. The maximum absolute atomic E-state index is 9.46. The molecule has 0 saturated heterocycles.